The van der Waals surface area contributed by atoms with Crippen molar-refractivity contribution < 1.29 is 19.4 Å². The first-order valence-corrected chi connectivity index (χ1v) is 9.88. The molecule has 8 nitrogen and oxygen atoms in total. The fourth-order valence-corrected chi connectivity index (χ4v) is 3.64. The molecule has 8 heteroatoms. The number of esters is 1. The number of rotatable bonds is 8. The van der Waals surface area contributed by atoms with Crippen LogP contribution in [0.3, 0.4) is 0 Å². The van der Waals surface area contributed by atoms with Crippen LogP contribution in [0.2, 0.25) is 0 Å². The first-order valence-electron chi connectivity index (χ1n) is 9.88. The highest BCUT2D eigenvalue weighted by Crippen LogP contribution is 2.24. The van der Waals surface area contributed by atoms with Gasteiger partial charge in [-0.1, -0.05) is 30.3 Å². The Hall–Kier alpha value is -2.71. The van der Waals surface area contributed by atoms with E-state index in [2.05, 4.69) is 15.3 Å². The highest BCUT2D eigenvalue weighted by Gasteiger charge is 2.28. The van der Waals surface area contributed by atoms with Gasteiger partial charge in [0.25, 0.3) is 5.91 Å². The molecule has 0 aliphatic carbocycles. The van der Waals surface area contributed by atoms with Crippen LogP contribution in [0.4, 0.5) is 0 Å². The molecule has 1 aromatic heterocycles. The molecule has 0 saturated heterocycles. The molecule has 1 aromatic carbocycles. The summed E-state index contributed by atoms with van der Waals surface area (Å²) >= 11 is 0. The molecule has 1 aliphatic rings. The van der Waals surface area contributed by atoms with E-state index in [1.54, 1.807) is 4.68 Å². The van der Waals surface area contributed by atoms with Crippen LogP contribution in [-0.2, 0) is 29.0 Å². The number of amides is 1. The highest BCUT2D eigenvalue weighted by atomic mass is 16.5. The molecule has 1 unspecified atom stereocenters. The number of nitrogens with one attached hydrogen (secondary N) is 1. The molecule has 29 heavy (non-hydrogen) atoms. The van der Waals surface area contributed by atoms with E-state index in [9.17, 15) is 14.7 Å². The third-order valence-electron chi connectivity index (χ3n) is 5.25. The smallest absolute Gasteiger partial charge is 0.306 e. The van der Waals surface area contributed by atoms with Crippen molar-refractivity contribution in [2.24, 2.45) is 0 Å². The molecule has 0 fully saturated rings. The summed E-state index contributed by atoms with van der Waals surface area (Å²) < 4.78 is 6.45. The van der Waals surface area contributed by atoms with E-state index in [0.717, 1.165) is 23.4 Å². The number of carbonyl (C=O) groups is 2. The quantitative estimate of drug-likeness (QED) is 0.648. The molecule has 2 aromatic rings. The minimum absolute atomic E-state index is 0.0400. The van der Waals surface area contributed by atoms with Gasteiger partial charge in [0.15, 0.2) is 5.69 Å². The third kappa shape index (κ3) is 5.02. The Morgan fingerprint density at radius 2 is 2.03 bits per heavy atom. The summed E-state index contributed by atoms with van der Waals surface area (Å²) in [5.41, 5.74) is 3.25. The fraction of sp³-hybridized carbons (Fsp3) is 0.476. The second-order valence-electron chi connectivity index (χ2n) is 7.18. The number of carbonyl (C=O) groups excluding carboxylic acids is 2. The van der Waals surface area contributed by atoms with Crippen molar-refractivity contribution in [3.63, 3.8) is 0 Å². The molecule has 2 N–H and O–H groups in total. The van der Waals surface area contributed by atoms with E-state index in [0.29, 0.717) is 38.2 Å². The van der Waals surface area contributed by atoms with E-state index in [-0.39, 0.29) is 24.5 Å². The first-order chi connectivity index (χ1) is 14.0. The van der Waals surface area contributed by atoms with Gasteiger partial charge in [0, 0.05) is 37.3 Å². The highest BCUT2D eigenvalue weighted by molar-refractivity contribution is 5.94. The molecule has 0 spiro atoms. The van der Waals surface area contributed by atoms with Crippen molar-refractivity contribution in [3.8, 4) is 0 Å². The number of aliphatic hydroxyl groups excluding tert-OH is 1. The number of hydrogen-bond acceptors (Lipinski definition) is 6. The lowest BCUT2D eigenvalue weighted by Crippen LogP contribution is -2.34. The summed E-state index contributed by atoms with van der Waals surface area (Å²) in [6, 6.07) is 9.61. The summed E-state index contributed by atoms with van der Waals surface area (Å²) in [7, 11) is 1.38. The predicted molar refractivity (Wildman–Crippen MR) is 107 cm³/mol. The number of nitrogens with zero attached hydrogens (tertiary/aromatic N) is 3. The standard InChI is InChI=1S/C21H28N4O4/c1-15(16-6-4-3-5-7-16)22-21(28)20-17-14-24(11-9-19(27)29-2)10-8-18(17)25(23-20)12-13-26/h3-7,15,26H,8-14H2,1-2H3,(H,22,28). The number of hydrogen-bond donors (Lipinski definition) is 2. The Morgan fingerprint density at radius 1 is 1.28 bits per heavy atom. The molecule has 0 radical (unpaired) electrons. The molecule has 2 heterocycles. The average Bonchev–Trinajstić information content (AvgIpc) is 3.10. The van der Waals surface area contributed by atoms with Gasteiger partial charge in [-0.05, 0) is 12.5 Å². The Morgan fingerprint density at radius 3 is 2.72 bits per heavy atom. The van der Waals surface area contributed by atoms with Crippen molar-refractivity contribution in [2.75, 3.05) is 26.8 Å². The summed E-state index contributed by atoms with van der Waals surface area (Å²) in [5.74, 6) is -0.481. The minimum atomic E-state index is -0.249. The normalized spacial score (nSPS) is 14.9. The summed E-state index contributed by atoms with van der Waals surface area (Å²) in [5, 5.41) is 16.9. The van der Waals surface area contributed by atoms with Crippen LogP contribution in [0.25, 0.3) is 0 Å². The number of fused-ring (bicyclic) bond motifs is 1. The van der Waals surface area contributed by atoms with Gasteiger partial charge in [-0.25, -0.2) is 0 Å². The molecular formula is C21H28N4O4. The number of aliphatic hydroxyl groups is 1. The van der Waals surface area contributed by atoms with Crippen LogP contribution in [0.1, 0.15) is 46.7 Å². The van der Waals surface area contributed by atoms with Crippen molar-refractivity contribution in [1.82, 2.24) is 20.0 Å². The van der Waals surface area contributed by atoms with Gasteiger partial charge in [-0.2, -0.15) is 5.10 Å². The summed E-state index contributed by atoms with van der Waals surface area (Å²) in [6.45, 7) is 4.13. The lowest BCUT2D eigenvalue weighted by molar-refractivity contribution is -0.141. The second-order valence-corrected chi connectivity index (χ2v) is 7.18. The van der Waals surface area contributed by atoms with Crippen LogP contribution >= 0.6 is 0 Å². The Labute approximate surface area is 170 Å². The SMILES string of the molecule is COC(=O)CCN1CCc2c(c(C(=O)NC(C)c3ccccc3)nn2CCO)C1. The molecule has 1 atom stereocenters. The summed E-state index contributed by atoms with van der Waals surface area (Å²) in [4.78, 5) is 26.6. The molecular weight excluding hydrogens is 372 g/mol. The van der Waals surface area contributed by atoms with Crippen LogP contribution in [0.15, 0.2) is 30.3 Å². The summed E-state index contributed by atoms with van der Waals surface area (Å²) in [6.07, 6.45) is 1.02. The van der Waals surface area contributed by atoms with Crippen molar-refractivity contribution in [2.45, 2.75) is 38.9 Å². The maximum atomic E-state index is 13.0. The van der Waals surface area contributed by atoms with Crippen molar-refractivity contribution in [1.29, 1.82) is 0 Å². The minimum Gasteiger partial charge on any atom is -0.469 e. The maximum absolute atomic E-state index is 13.0. The predicted octanol–water partition coefficient (Wildman–Crippen LogP) is 1.29. The molecule has 3 rings (SSSR count). The lowest BCUT2D eigenvalue weighted by atomic mass is 10.0. The maximum Gasteiger partial charge on any atom is 0.306 e. The first kappa shape index (κ1) is 21.0. The average molecular weight is 400 g/mol. The molecule has 0 bridgehead atoms. The third-order valence-corrected chi connectivity index (χ3v) is 5.25. The van der Waals surface area contributed by atoms with Crippen LogP contribution in [-0.4, -0.2) is 58.5 Å². The largest absolute Gasteiger partial charge is 0.469 e. The fourth-order valence-electron chi connectivity index (χ4n) is 3.64. The van der Waals surface area contributed by atoms with Crippen molar-refractivity contribution in [3.05, 3.63) is 52.8 Å². The molecule has 1 amide bonds. The topological polar surface area (TPSA) is 96.7 Å². The van der Waals surface area contributed by atoms with Gasteiger partial charge >= 0.3 is 5.97 Å². The number of ether oxygens (including phenoxy) is 1. The van der Waals surface area contributed by atoms with Crippen LogP contribution in [0, 0.1) is 0 Å². The van der Waals surface area contributed by atoms with E-state index < -0.39 is 0 Å². The van der Waals surface area contributed by atoms with E-state index in [4.69, 9.17) is 4.74 Å². The van der Waals surface area contributed by atoms with Gasteiger partial charge in [0.2, 0.25) is 0 Å². The monoisotopic (exact) mass is 400 g/mol. The Kier molecular flexibility index (Phi) is 7.00. The van der Waals surface area contributed by atoms with Gasteiger partial charge in [0.1, 0.15) is 0 Å². The molecule has 156 valence electrons. The number of benzene rings is 1. The Balaban J connectivity index is 1.78. The zero-order valence-corrected chi connectivity index (χ0v) is 16.9. The molecule has 0 saturated carbocycles. The van der Waals surface area contributed by atoms with E-state index in [1.165, 1.54) is 7.11 Å². The van der Waals surface area contributed by atoms with E-state index in [1.807, 2.05) is 37.3 Å². The number of aromatic nitrogens is 2. The van der Waals surface area contributed by atoms with Gasteiger partial charge in [-0.3, -0.25) is 19.2 Å². The second kappa shape index (κ2) is 9.67. The van der Waals surface area contributed by atoms with Crippen molar-refractivity contribution >= 4 is 11.9 Å². The lowest BCUT2D eigenvalue weighted by Gasteiger charge is -2.27. The van der Waals surface area contributed by atoms with Gasteiger partial charge < -0.3 is 15.2 Å². The zero-order chi connectivity index (χ0) is 20.8. The molecule has 1 aliphatic heterocycles. The zero-order valence-electron chi connectivity index (χ0n) is 16.9. The Bertz CT molecular complexity index is 850. The van der Waals surface area contributed by atoms with Crippen LogP contribution in [0.5, 0.6) is 0 Å². The van der Waals surface area contributed by atoms with Gasteiger partial charge in [0.05, 0.1) is 32.7 Å². The van der Waals surface area contributed by atoms with Gasteiger partial charge in [-0.15, -0.1) is 0 Å². The number of methoxy groups -OCH3 is 1. The van der Waals surface area contributed by atoms with Crippen LogP contribution < -0.4 is 5.32 Å². The van der Waals surface area contributed by atoms with E-state index >= 15 is 0 Å².